The van der Waals surface area contributed by atoms with Crippen molar-refractivity contribution in [3.05, 3.63) is 0 Å². The SMILES string of the molecule is CCCC(CNC(=O)CCCC[C@@H]1SC[C@@H]2NC(=O)N[C@@H]21)N=CN. The molecule has 0 aromatic carbocycles. The molecule has 1 unspecified atom stereocenters. The largest absolute Gasteiger partial charge is 0.390 e. The fourth-order valence-electron chi connectivity index (χ4n) is 3.28. The van der Waals surface area contributed by atoms with Crippen LogP contribution in [0.15, 0.2) is 4.99 Å². The first-order valence-electron chi connectivity index (χ1n) is 8.82. The lowest BCUT2D eigenvalue weighted by Gasteiger charge is -2.16. The zero-order chi connectivity index (χ0) is 17.4. The fraction of sp³-hybridized carbons (Fsp3) is 0.812. The topological polar surface area (TPSA) is 109 Å². The number of hydrogen-bond donors (Lipinski definition) is 4. The van der Waals surface area contributed by atoms with Gasteiger partial charge in [-0.05, 0) is 19.3 Å². The highest BCUT2D eigenvalue weighted by Gasteiger charge is 2.42. The van der Waals surface area contributed by atoms with Gasteiger partial charge in [0.2, 0.25) is 5.91 Å². The molecule has 0 aliphatic carbocycles. The van der Waals surface area contributed by atoms with Crippen molar-refractivity contribution in [2.75, 3.05) is 12.3 Å². The molecule has 4 atom stereocenters. The van der Waals surface area contributed by atoms with Crippen molar-refractivity contribution >= 4 is 30.0 Å². The molecule has 2 aliphatic rings. The fourth-order valence-corrected chi connectivity index (χ4v) is 4.82. The summed E-state index contributed by atoms with van der Waals surface area (Å²) in [5, 5.41) is 9.35. The van der Waals surface area contributed by atoms with Gasteiger partial charge in [-0.15, -0.1) is 0 Å². The highest BCUT2D eigenvalue weighted by Crippen LogP contribution is 2.33. The van der Waals surface area contributed by atoms with Crippen LogP contribution < -0.4 is 21.7 Å². The molecule has 0 saturated carbocycles. The molecule has 24 heavy (non-hydrogen) atoms. The van der Waals surface area contributed by atoms with E-state index in [1.807, 2.05) is 11.8 Å². The molecule has 0 radical (unpaired) electrons. The molecule has 0 aromatic rings. The molecule has 0 bridgehead atoms. The molecule has 3 amide bonds. The van der Waals surface area contributed by atoms with E-state index in [9.17, 15) is 9.59 Å². The zero-order valence-electron chi connectivity index (χ0n) is 14.3. The predicted molar refractivity (Wildman–Crippen MR) is 98.3 cm³/mol. The van der Waals surface area contributed by atoms with Gasteiger partial charge in [0.15, 0.2) is 0 Å². The van der Waals surface area contributed by atoms with Crippen LogP contribution in [0.3, 0.4) is 0 Å². The van der Waals surface area contributed by atoms with Gasteiger partial charge in [0.05, 0.1) is 24.5 Å². The second-order valence-corrected chi connectivity index (χ2v) is 7.68. The van der Waals surface area contributed by atoms with Crippen molar-refractivity contribution in [3.63, 3.8) is 0 Å². The molecule has 2 fully saturated rings. The summed E-state index contributed by atoms with van der Waals surface area (Å²) in [5.74, 6) is 1.06. The highest BCUT2D eigenvalue weighted by molar-refractivity contribution is 8.00. The predicted octanol–water partition coefficient (Wildman–Crippen LogP) is 0.984. The Hall–Kier alpha value is -1.44. The minimum absolute atomic E-state index is 0.0450. The van der Waals surface area contributed by atoms with Crippen LogP contribution in [0.4, 0.5) is 4.79 Å². The van der Waals surface area contributed by atoms with Crippen LogP contribution in [-0.2, 0) is 4.79 Å². The summed E-state index contributed by atoms with van der Waals surface area (Å²) >= 11 is 1.91. The Morgan fingerprint density at radius 1 is 1.50 bits per heavy atom. The Labute approximate surface area is 148 Å². The van der Waals surface area contributed by atoms with Crippen LogP contribution in [0.5, 0.6) is 0 Å². The van der Waals surface area contributed by atoms with Gasteiger partial charge in [0.1, 0.15) is 0 Å². The molecule has 2 aliphatic heterocycles. The number of fused-ring (bicyclic) bond motifs is 1. The first kappa shape index (κ1) is 18.9. The normalized spacial score (nSPS) is 26.9. The van der Waals surface area contributed by atoms with Gasteiger partial charge in [0.25, 0.3) is 0 Å². The minimum Gasteiger partial charge on any atom is -0.390 e. The first-order chi connectivity index (χ1) is 11.6. The van der Waals surface area contributed by atoms with Crippen molar-refractivity contribution in [1.82, 2.24) is 16.0 Å². The van der Waals surface area contributed by atoms with Gasteiger partial charge < -0.3 is 21.7 Å². The second kappa shape index (κ2) is 9.76. The Bertz CT molecular complexity index is 460. The number of unbranched alkanes of at least 4 members (excludes halogenated alkanes) is 1. The number of thioether (sulfide) groups is 1. The maximum atomic E-state index is 11.9. The lowest BCUT2D eigenvalue weighted by atomic mass is 10.0. The standard InChI is InChI=1S/C16H29N5O2S/c1-2-5-11(19-10-17)8-18-14(22)7-4-3-6-13-15-12(9-24-13)20-16(23)21-15/h10-13,15H,2-9H2,1H3,(H2,17,19)(H,18,22)(H2,20,21,23)/t11?,12-,13-,15-/m0/s1. The number of rotatable bonds is 10. The third kappa shape index (κ3) is 5.58. The smallest absolute Gasteiger partial charge is 0.315 e. The maximum Gasteiger partial charge on any atom is 0.315 e. The number of aliphatic imine (C=N–C) groups is 1. The number of amides is 3. The third-order valence-electron chi connectivity index (χ3n) is 4.53. The van der Waals surface area contributed by atoms with E-state index in [-0.39, 0.29) is 30.1 Å². The third-order valence-corrected chi connectivity index (χ3v) is 6.04. The van der Waals surface area contributed by atoms with Crippen LogP contribution in [0.2, 0.25) is 0 Å². The van der Waals surface area contributed by atoms with Crippen LogP contribution in [-0.4, -0.2) is 53.9 Å². The minimum atomic E-state index is -0.0450. The number of carbonyl (C=O) groups is 2. The van der Waals surface area contributed by atoms with Gasteiger partial charge in [0, 0.05) is 24.0 Å². The maximum absolute atomic E-state index is 11.9. The molecule has 2 rings (SSSR count). The van der Waals surface area contributed by atoms with Crippen molar-refractivity contribution in [1.29, 1.82) is 0 Å². The van der Waals surface area contributed by atoms with E-state index < -0.39 is 0 Å². The second-order valence-electron chi connectivity index (χ2n) is 6.41. The van der Waals surface area contributed by atoms with E-state index >= 15 is 0 Å². The van der Waals surface area contributed by atoms with Crippen LogP contribution in [0.1, 0.15) is 45.4 Å². The molecule has 136 valence electrons. The van der Waals surface area contributed by atoms with Crippen LogP contribution in [0.25, 0.3) is 0 Å². The molecule has 7 nitrogen and oxygen atoms in total. The van der Waals surface area contributed by atoms with E-state index in [4.69, 9.17) is 5.73 Å². The lowest BCUT2D eigenvalue weighted by molar-refractivity contribution is -0.121. The van der Waals surface area contributed by atoms with E-state index in [1.165, 1.54) is 6.34 Å². The van der Waals surface area contributed by atoms with Crippen molar-refractivity contribution in [3.8, 4) is 0 Å². The van der Waals surface area contributed by atoms with Crippen molar-refractivity contribution in [2.45, 2.75) is 68.8 Å². The van der Waals surface area contributed by atoms with Crippen LogP contribution in [0, 0.1) is 0 Å². The summed E-state index contributed by atoms with van der Waals surface area (Å²) in [5.41, 5.74) is 5.33. The average molecular weight is 356 g/mol. The summed E-state index contributed by atoms with van der Waals surface area (Å²) < 4.78 is 0. The molecule has 2 heterocycles. The Kier molecular flexibility index (Phi) is 7.68. The molecule has 8 heteroatoms. The zero-order valence-corrected chi connectivity index (χ0v) is 15.1. The Morgan fingerprint density at radius 2 is 2.33 bits per heavy atom. The van der Waals surface area contributed by atoms with E-state index in [1.54, 1.807) is 0 Å². The summed E-state index contributed by atoms with van der Waals surface area (Å²) in [6.45, 7) is 2.65. The highest BCUT2D eigenvalue weighted by atomic mass is 32.2. The monoisotopic (exact) mass is 355 g/mol. The number of carbonyl (C=O) groups excluding carboxylic acids is 2. The number of urea groups is 1. The van der Waals surface area contributed by atoms with Gasteiger partial charge in [-0.2, -0.15) is 11.8 Å². The van der Waals surface area contributed by atoms with Gasteiger partial charge in [-0.25, -0.2) is 4.79 Å². The average Bonchev–Trinajstić information content (AvgIpc) is 3.09. The summed E-state index contributed by atoms with van der Waals surface area (Å²) in [6, 6.07) is 0.556. The molecule has 2 saturated heterocycles. The molecular weight excluding hydrogens is 326 g/mol. The summed E-state index contributed by atoms with van der Waals surface area (Å²) in [7, 11) is 0. The van der Waals surface area contributed by atoms with E-state index in [0.29, 0.717) is 18.2 Å². The van der Waals surface area contributed by atoms with Gasteiger partial charge >= 0.3 is 6.03 Å². The lowest BCUT2D eigenvalue weighted by Crippen LogP contribution is -2.36. The number of nitrogens with zero attached hydrogens (tertiary/aromatic N) is 1. The quantitative estimate of drug-likeness (QED) is 0.203. The molecule has 5 N–H and O–H groups in total. The Morgan fingerprint density at radius 3 is 3.08 bits per heavy atom. The molecule has 0 spiro atoms. The van der Waals surface area contributed by atoms with Gasteiger partial charge in [-0.1, -0.05) is 19.8 Å². The van der Waals surface area contributed by atoms with E-state index in [2.05, 4.69) is 27.9 Å². The molecular formula is C16H29N5O2S. The Balaban J connectivity index is 1.57. The summed E-state index contributed by atoms with van der Waals surface area (Å²) in [4.78, 5) is 27.4. The molecule has 0 aromatic heterocycles. The van der Waals surface area contributed by atoms with Crippen LogP contribution >= 0.6 is 11.8 Å². The van der Waals surface area contributed by atoms with Crippen molar-refractivity contribution < 1.29 is 9.59 Å². The van der Waals surface area contributed by atoms with E-state index in [0.717, 1.165) is 37.9 Å². The first-order valence-corrected chi connectivity index (χ1v) is 9.87. The van der Waals surface area contributed by atoms with Crippen molar-refractivity contribution in [2.24, 2.45) is 10.7 Å². The van der Waals surface area contributed by atoms with Gasteiger partial charge in [-0.3, -0.25) is 9.79 Å². The number of nitrogens with two attached hydrogens (primary N) is 1. The summed E-state index contributed by atoms with van der Waals surface area (Å²) in [6.07, 6.45) is 6.72. The number of hydrogen-bond acceptors (Lipinski definition) is 4. The number of nitrogens with one attached hydrogen (secondary N) is 3.